The lowest BCUT2D eigenvalue weighted by Crippen LogP contribution is -2.33. The number of carbonyl (C=O) groups is 2. The van der Waals surface area contributed by atoms with Crippen molar-refractivity contribution in [3.05, 3.63) is 0 Å². The first kappa shape index (κ1) is 14.5. The second-order valence-electron chi connectivity index (χ2n) is 5.08. The highest BCUT2D eigenvalue weighted by Gasteiger charge is 2.43. The lowest BCUT2D eigenvalue weighted by atomic mass is 9.94. The number of ketones is 1. The largest absolute Gasteiger partial charge is 0.390 e. The van der Waals surface area contributed by atoms with Gasteiger partial charge in [0.2, 0.25) is 5.91 Å². The Bertz CT molecular complexity index is 306. The monoisotopic (exact) mass is 259 g/mol. The molecule has 1 aliphatic rings. The number of hydrogen-bond acceptors (Lipinski definition) is 4. The number of rotatable bonds is 5. The van der Waals surface area contributed by atoms with E-state index in [9.17, 15) is 14.7 Å². The van der Waals surface area contributed by atoms with Crippen LogP contribution in [0.15, 0.2) is 0 Å². The minimum absolute atomic E-state index is 0.246. The molecule has 98 valence electrons. The molecule has 0 saturated carbocycles. The molecular formula is C12H21NO3S. The van der Waals surface area contributed by atoms with Crippen molar-refractivity contribution in [3.63, 3.8) is 0 Å². The molecule has 1 aliphatic heterocycles. The summed E-state index contributed by atoms with van der Waals surface area (Å²) >= 11 is 4.45. The van der Waals surface area contributed by atoms with Crippen molar-refractivity contribution in [2.24, 2.45) is 11.8 Å². The Kier molecular flexibility index (Phi) is 5.01. The molecule has 2 N–H and O–H groups in total. The predicted octanol–water partition coefficient (Wildman–Crippen LogP) is 0.785. The Morgan fingerprint density at radius 1 is 1.53 bits per heavy atom. The number of nitrogens with one attached hydrogen (secondary N) is 1. The first-order valence-corrected chi connectivity index (χ1v) is 6.53. The molecule has 1 fully saturated rings. The van der Waals surface area contributed by atoms with E-state index in [1.807, 2.05) is 0 Å². The second-order valence-corrected chi connectivity index (χ2v) is 5.75. The van der Waals surface area contributed by atoms with Crippen LogP contribution in [0.25, 0.3) is 0 Å². The van der Waals surface area contributed by atoms with Gasteiger partial charge in [0.25, 0.3) is 0 Å². The second kappa shape index (κ2) is 5.87. The first-order valence-electron chi connectivity index (χ1n) is 6.01. The lowest BCUT2D eigenvalue weighted by molar-refractivity contribution is -0.132. The number of hydrogen-bond donors (Lipinski definition) is 3. The van der Waals surface area contributed by atoms with Gasteiger partial charge in [-0.2, -0.15) is 12.6 Å². The van der Waals surface area contributed by atoms with Gasteiger partial charge in [-0.15, -0.1) is 0 Å². The molecule has 4 unspecified atom stereocenters. The van der Waals surface area contributed by atoms with Gasteiger partial charge in [-0.3, -0.25) is 9.59 Å². The number of Topliss-reactive ketones (excluding diaryl/α,β-unsaturated/α-hetero) is 1. The Morgan fingerprint density at radius 2 is 2.12 bits per heavy atom. The molecule has 4 nitrogen and oxygen atoms in total. The molecule has 1 heterocycles. The number of thiol groups is 1. The van der Waals surface area contributed by atoms with Gasteiger partial charge >= 0.3 is 0 Å². The highest BCUT2D eigenvalue weighted by Crippen LogP contribution is 2.23. The maximum Gasteiger partial charge on any atom is 0.233 e. The van der Waals surface area contributed by atoms with Crippen LogP contribution >= 0.6 is 12.6 Å². The van der Waals surface area contributed by atoms with Crippen molar-refractivity contribution in [1.29, 1.82) is 0 Å². The van der Waals surface area contributed by atoms with Gasteiger partial charge in [0.05, 0.1) is 12.1 Å². The molecule has 0 radical (unpaired) electrons. The smallest absolute Gasteiger partial charge is 0.233 e. The van der Waals surface area contributed by atoms with Crippen LogP contribution < -0.4 is 5.32 Å². The summed E-state index contributed by atoms with van der Waals surface area (Å²) in [4.78, 5) is 22.7. The predicted molar refractivity (Wildman–Crippen MR) is 69.0 cm³/mol. The average molecular weight is 259 g/mol. The fraction of sp³-hybridized carbons (Fsp3) is 0.833. The van der Waals surface area contributed by atoms with Gasteiger partial charge in [-0.05, 0) is 25.7 Å². The molecule has 17 heavy (non-hydrogen) atoms. The number of carbonyl (C=O) groups excluding carboxylic acids is 2. The van der Waals surface area contributed by atoms with E-state index in [1.165, 1.54) is 6.92 Å². The molecule has 1 saturated heterocycles. The first-order chi connectivity index (χ1) is 7.84. The molecular weight excluding hydrogens is 238 g/mol. The highest BCUT2D eigenvalue weighted by atomic mass is 32.1. The third-order valence-corrected chi connectivity index (χ3v) is 4.20. The molecule has 1 rings (SSSR count). The van der Waals surface area contributed by atoms with Crippen LogP contribution in [0.4, 0.5) is 0 Å². The summed E-state index contributed by atoms with van der Waals surface area (Å²) in [5.74, 6) is -1.06. The van der Waals surface area contributed by atoms with Crippen molar-refractivity contribution < 1.29 is 14.7 Å². The summed E-state index contributed by atoms with van der Waals surface area (Å²) in [5.41, 5.74) is 0. The van der Waals surface area contributed by atoms with Crippen LogP contribution in [0, 0.1) is 11.8 Å². The van der Waals surface area contributed by atoms with E-state index < -0.39 is 12.0 Å². The van der Waals surface area contributed by atoms with E-state index in [-0.39, 0.29) is 23.0 Å². The number of aliphatic hydroxyl groups is 1. The Labute approximate surface area is 108 Å². The van der Waals surface area contributed by atoms with Gasteiger partial charge in [-0.1, -0.05) is 13.8 Å². The van der Waals surface area contributed by atoms with Gasteiger partial charge in [0.15, 0.2) is 0 Å². The van der Waals surface area contributed by atoms with Gasteiger partial charge < -0.3 is 10.4 Å². The highest BCUT2D eigenvalue weighted by molar-refractivity contribution is 7.81. The van der Waals surface area contributed by atoms with E-state index >= 15 is 0 Å². The van der Waals surface area contributed by atoms with Crippen LogP contribution in [0.1, 0.15) is 33.6 Å². The number of amides is 1. The van der Waals surface area contributed by atoms with Gasteiger partial charge in [-0.25, -0.2) is 0 Å². The lowest BCUT2D eigenvalue weighted by Gasteiger charge is -2.19. The summed E-state index contributed by atoms with van der Waals surface area (Å²) in [6.45, 7) is 5.50. The Hall–Kier alpha value is -0.550. The maximum atomic E-state index is 11.5. The van der Waals surface area contributed by atoms with Gasteiger partial charge in [0, 0.05) is 5.25 Å². The molecule has 0 aromatic heterocycles. The molecule has 5 heteroatoms. The summed E-state index contributed by atoms with van der Waals surface area (Å²) in [6, 6.07) is -0.315. The zero-order valence-corrected chi connectivity index (χ0v) is 11.4. The zero-order valence-electron chi connectivity index (χ0n) is 10.5. The molecule has 0 bridgehead atoms. The molecule has 4 atom stereocenters. The van der Waals surface area contributed by atoms with Crippen molar-refractivity contribution in [3.8, 4) is 0 Å². The third-order valence-electron chi connectivity index (χ3n) is 3.34. The van der Waals surface area contributed by atoms with Crippen molar-refractivity contribution >= 4 is 24.3 Å². The van der Waals surface area contributed by atoms with E-state index in [4.69, 9.17) is 0 Å². The normalized spacial score (nSPS) is 30.5. The summed E-state index contributed by atoms with van der Waals surface area (Å²) < 4.78 is 0. The Balaban J connectivity index is 2.52. The molecule has 0 spiro atoms. The summed E-state index contributed by atoms with van der Waals surface area (Å²) in [7, 11) is 0. The molecule has 0 aromatic carbocycles. The zero-order chi connectivity index (χ0) is 13.2. The Morgan fingerprint density at radius 3 is 2.53 bits per heavy atom. The van der Waals surface area contributed by atoms with Crippen molar-refractivity contribution in [2.45, 2.75) is 51.0 Å². The van der Waals surface area contributed by atoms with Crippen LogP contribution in [-0.4, -0.2) is 34.2 Å². The molecule has 1 amide bonds. The minimum Gasteiger partial charge on any atom is -0.390 e. The standard InChI is InChI=1S/C12H21NO3S/c1-6(2)9(17)5-4-8-11(15)10(7(3)14)12(16)13-8/h6,8-11,15,17H,4-5H2,1-3H3,(H,13,16). The summed E-state index contributed by atoms with van der Waals surface area (Å²) in [6.07, 6.45) is 0.573. The average Bonchev–Trinajstić information content (AvgIpc) is 2.50. The van der Waals surface area contributed by atoms with E-state index in [0.717, 1.165) is 6.42 Å². The van der Waals surface area contributed by atoms with Crippen LogP contribution in [-0.2, 0) is 9.59 Å². The van der Waals surface area contributed by atoms with Crippen LogP contribution in [0.2, 0.25) is 0 Å². The van der Waals surface area contributed by atoms with E-state index in [1.54, 1.807) is 0 Å². The van der Waals surface area contributed by atoms with E-state index in [0.29, 0.717) is 12.3 Å². The SMILES string of the molecule is CC(=O)C1C(=O)NC(CCC(S)C(C)C)C1O. The quantitative estimate of drug-likeness (QED) is 0.505. The van der Waals surface area contributed by atoms with E-state index in [2.05, 4.69) is 31.8 Å². The molecule has 0 aliphatic carbocycles. The third kappa shape index (κ3) is 3.45. The van der Waals surface area contributed by atoms with Crippen molar-refractivity contribution in [1.82, 2.24) is 5.32 Å². The van der Waals surface area contributed by atoms with Crippen LogP contribution in [0.5, 0.6) is 0 Å². The van der Waals surface area contributed by atoms with Crippen LogP contribution in [0.3, 0.4) is 0 Å². The topological polar surface area (TPSA) is 66.4 Å². The minimum atomic E-state index is -0.896. The van der Waals surface area contributed by atoms with Crippen molar-refractivity contribution in [2.75, 3.05) is 0 Å². The molecule has 0 aromatic rings. The maximum absolute atomic E-state index is 11.5. The fourth-order valence-corrected chi connectivity index (χ4v) is 2.25. The van der Waals surface area contributed by atoms with Gasteiger partial charge in [0.1, 0.15) is 11.7 Å². The summed E-state index contributed by atoms with van der Waals surface area (Å²) in [5, 5.41) is 12.8. The fourth-order valence-electron chi connectivity index (χ4n) is 2.10. The number of aliphatic hydroxyl groups excluding tert-OH is 1.